The standard InChI is InChI=1S/C12H15IN2O/c13-10-4-6-11(7-5-10)15-12(16)14-8-9-2-1-3-9/h4-7,9H,1-3,8H2,(H2,14,15,16). The first-order chi connectivity index (χ1) is 7.74. The Kier molecular flexibility index (Phi) is 4.04. The fourth-order valence-corrected chi connectivity index (χ4v) is 2.00. The average molecular weight is 330 g/mol. The first-order valence-corrected chi connectivity index (χ1v) is 6.62. The number of carbonyl (C=O) groups excluding carboxylic acids is 1. The summed E-state index contributed by atoms with van der Waals surface area (Å²) in [7, 11) is 0. The van der Waals surface area contributed by atoms with Gasteiger partial charge in [-0.05, 0) is 65.6 Å². The van der Waals surface area contributed by atoms with Crippen molar-refractivity contribution in [3.63, 3.8) is 0 Å². The molecule has 0 spiro atoms. The van der Waals surface area contributed by atoms with Crippen LogP contribution in [0.25, 0.3) is 0 Å². The Morgan fingerprint density at radius 1 is 1.31 bits per heavy atom. The molecule has 2 amide bonds. The number of urea groups is 1. The molecule has 0 atom stereocenters. The number of amides is 2. The molecule has 1 saturated carbocycles. The largest absolute Gasteiger partial charge is 0.338 e. The Morgan fingerprint density at radius 3 is 2.56 bits per heavy atom. The topological polar surface area (TPSA) is 41.1 Å². The summed E-state index contributed by atoms with van der Waals surface area (Å²) in [4.78, 5) is 11.5. The monoisotopic (exact) mass is 330 g/mol. The second-order valence-corrected chi connectivity index (χ2v) is 5.38. The van der Waals surface area contributed by atoms with E-state index in [0.717, 1.165) is 15.8 Å². The van der Waals surface area contributed by atoms with E-state index >= 15 is 0 Å². The Labute approximate surface area is 109 Å². The van der Waals surface area contributed by atoms with Crippen LogP contribution in [0.2, 0.25) is 0 Å². The molecular weight excluding hydrogens is 315 g/mol. The third kappa shape index (κ3) is 3.37. The van der Waals surface area contributed by atoms with E-state index in [4.69, 9.17) is 0 Å². The predicted octanol–water partition coefficient (Wildman–Crippen LogP) is 3.21. The van der Waals surface area contributed by atoms with Crippen LogP contribution in [-0.2, 0) is 0 Å². The Hall–Kier alpha value is -0.780. The Bertz CT molecular complexity index is 360. The van der Waals surface area contributed by atoms with Gasteiger partial charge in [-0.2, -0.15) is 0 Å². The normalized spacial score (nSPS) is 15.3. The zero-order valence-electron chi connectivity index (χ0n) is 9.00. The number of halogens is 1. The maximum absolute atomic E-state index is 11.5. The van der Waals surface area contributed by atoms with Gasteiger partial charge >= 0.3 is 6.03 Å². The van der Waals surface area contributed by atoms with Gasteiger partial charge < -0.3 is 10.6 Å². The van der Waals surface area contributed by atoms with Crippen molar-refractivity contribution in [1.82, 2.24) is 5.32 Å². The molecular formula is C12H15IN2O. The molecule has 1 aromatic carbocycles. The van der Waals surface area contributed by atoms with E-state index in [2.05, 4.69) is 33.2 Å². The van der Waals surface area contributed by atoms with E-state index in [1.54, 1.807) is 0 Å². The number of hydrogen-bond donors (Lipinski definition) is 2. The van der Waals surface area contributed by atoms with Gasteiger partial charge in [0.05, 0.1) is 0 Å². The molecule has 0 radical (unpaired) electrons. The number of benzene rings is 1. The van der Waals surface area contributed by atoms with Crippen molar-refractivity contribution in [3.05, 3.63) is 27.8 Å². The van der Waals surface area contributed by atoms with Gasteiger partial charge in [-0.25, -0.2) is 4.79 Å². The van der Waals surface area contributed by atoms with E-state index in [0.29, 0.717) is 5.92 Å². The van der Waals surface area contributed by atoms with Gasteiger partial charge in [0, 0.05) is 15.8 Å². The van der Waals surface area contributed by atoms with Crippen LogP contribution in [0.1, 0.15) is 19.3 Å². The molecule has 3 nitrogen and oxygen atoms in total. The summed E-state index contributed by atoms with van der Waals surface area (Å²) in [5, 5.41) is 5.72. The molecule has 1 fully saturated rings. The molecule has 0 saturated heterocycles. The van der Waals surface area contributed by atoms with Gasteiger partial charge in [-0.1, -0.05) is 6.42 Å². The van der Waals surface area contributed by atoms with Crippen molar-refractivity contribution in [3.8, 4) is 0 Å². The highest BCUT2D eigenvalue weighted by atomic mass is 127. The molecule has 86 valence electrons. The second-order valence-electron chi connectivity index (χ2n) is 4.14. The maximum Gasteiger partial charge on any atom is 0.319 e. The number of anilines is 1. The predicted molar refractivity (Wildman–Crippen MR) is 73.5 cm³/mol. The highest BCUT2D eigenvalue weighted by Crippen LogP contribution is 2.25. The van der Waals surface area contributed by atoms with Crippen molar-refractivity contribution in [2.75, 3.05) is 11.9 Å². The summed E-state index contributed by atoms with van der Waals surface area (Å²) in [5.74, 6) is 0.697. The molecule has 16 heavy (non-hydrogen) atoms. The summed E-state index contributed by atoms with van der Waals surface area (Å²) in [6.07, 6.45) is 3.82. The third-order valence-corrected chi connectivity index (χ3v) is 3.60. The number of nitrogens with one attached hydrogen (secondary N) is 2. The van der Waals surface area contributed by atoms with Crippen LogP contribution in [-0.4, -0.2) is 12.6 Å². The van der Waals surface area contributed by atoms with Gasteiger partial charge in [-0.3, -0.25) is 0 Å². The maximum atomic E-state index is 11.5. The molecule has 1 aliphatic carbocycles. The SMILES string of the molecule is O=C(NCC1CCC1)Nc1ccc(I)cc1. The first kappa shape index (κ1) is 11.7. The van der Waals surface area contributed by atoms with Crippen LogP contribution in [0.4, 0.5) is 10.5 Å². The van der Waals surface area contributed by atoms with Crippen LogP contribution in [0.3, 0.4) is 0 Å². The van der Waals surface area contributed by atoms with Crippen LogP contribution >= 0.6 is 22.6 Å². The van der Waals surface area contributed by atoms with Crippen molar-refractivity contribution < 1.29 is 4.79 Å². The van der Waals surface area contributed by atoms with Gasteiger partial charge in [0.25, 0.3) is 0 Å². The lowest BCUT2D eigenvalue weighted by Gasteiger charge is -2.25. The van der Waals surface area contributed by atoms with Gasteiger partial charge in [0.2, 0.25) is 0 Å². The lowest BCUT2D eigenvalue weighted by molar-refractivity contribution is 0.243. The molecule has 1 aliphatic rings. The molecule has 0 heterocycles. The number of carbonyl (C=O) groups is 1. The molecule has 2 rings (SSSR count). The van der Waals surface area contributed by atoms with Gasteiger partial charge in [-0.15, -0.1) is 0 Å². The Morgan fingerprint density at radius 2 is 2.00 bits per heavy atom. The third-order valence-electron chi connectivity index (χ3n) is 2.88. The molecule has 1 aromatic rings. The van der Waals surface area contributed by atoms with E-state index in [1.807, 2.05) is 24.3 Å². The summed E-state index contributed by atoms with van der Waals surface area (Å²) >= 11 is 2.24. The van der Waals surface area contributed by atoms with Crippen molar-refractivity contribution in [2.24, 2.45) is 5.92 Å². The minimum absolute atomic E-state index is 0.104. The van der Waals surface area contributed by atoms with Gasteiger partial charge in [0.15, 0.2) is 0 Å². The molecule has 0 aliphatic heterocycles. The quantitative estimate of drug-likeness (QED) is 0.821. The highest BCUT2D eigenvalue weighted by molar-refractivity contribution is 14.1. The fourth-order valence-electron chi connectivity index (χ4n) is 1.64. The summed E-state index contributed by atoms with van der Waals surface area (Å²) in [6, 6.07) is 7.66. The van der Waals surface area contributed by atoms with E-state index in [1.165, 1.54) is 19.3 Å². The molecule has 0 bridgehead atoms. The van der Waals surface area contributed by atoms with Crippen LogP contribution in [0.5, 0.6) is 0 Å². The number of rotatable bonds is 3. The van der Waals surface area contributed by atoms with E-state index in [9.17, 15) is 4.79 Å². The van der Waals surface area contributed by atoms with Crippen LogP contribution in [0.15, 0.2) is 24.3 Å². The van der Waals surface area contributed by atoms with Gasteiger partial charge in [0.1, 0.15) is 0 Å². The van der Waals surface area contributed by atoms with Crippen molar-refractivity contribution in [1.29, 1.82) is 0 Å². The highest BCUT2D eigenvalue weighted by Gasteiger charge is 2.17. The van der Waals surface area contributed by atoms with E-state index < -0.39 is 0 Å². The van der Waals surface area contributed by atoms with Crippen molar-refractivity contribution in [2.45, 2.75) is 19.3 Å². The van der Waals surface area contributed by atoms with Crippen molar-refractivity contribution >= 4 is 34.3 Å². The van der Waals surface area contributed by atoms with Crippen LogP contribution in [0, 0.1) is 9.49 Å². The molecule has 2 N–H and O–H groups in total. The van der Waals surface area contributed by atoms with E-state index in [-0.39, 0.29) is 6.03 Å². The summed E-state index contributed by atoms with van der Waals surface area (Å²) < 4.78 is 1.16. The lowest BCUT2D eigenvalue weighted by atomic mass is 9.85. The second kappa shape index (κ2) is 5.52. The fraction of sp³-hybridized carbons (Fsp3) is 0.417. The zero-order chi connectivity index (χ0) is 11.4. The molecule has 4 heteroatoms. The van der Waals surface area contributed by atoms with Crippen LogP contribution < -0.4 is 10.6 Å². The lowest BCUT2D eigenvalue weighted by Crippen LogP contribution is -2.35. The molecule has 0 unspecified atom stereocenters. The minimum atomic E-state index is -0.104. The summed E-state index contributed by atoms with van der Waals surface area (Å²) in [6.45, 7) is 0.802. The first-order valence-electron chi connectivity index (χ1n) is 5.54. The zero-order valence-corrected chi connectivity index (χ0v) is 11.2. The minimum Gasteiger partial charge on any atom is -0.338 e. The summed E-state index contributed by atoms with van der Waals surface area (Å²) in [5.41, 5.74) is 0.839. The average Bonchev–Trinajstić information content (AvgIpc) is 2.19. The smallest absolute Gasteiger partial charge is 0.319 e. The number of hydrogen-bond acceptors (Lipinski definition) is 1. The molecule has 0 aromatic heterocycles. The Balaban J connectivity index is 1.75.